The van der Waals surface area contributed by atoms with Gasteiger partial charge >= 0.3 is 6.01 Å². The summed E-state index contributed by atoms with van der Waals surface area (Å²) in [7, 11) is 1.61. The third-order valence-electron chi connectivity index (χ3n) is 2.25. The van der Waals surface area contributed by atoms with Crippen LogP contribution in [0, 0.1) is 11.3 Å². The van der Waals surface area contributed by atoms with Gasteiger partial charge in [0.15, 0.2) is 0 Å². The van der Waals surface area contributed by atoms with E-state index in [4.69, 9.17) is 14.7 Å². The molecule has 0 aliphatic carbocycles. The van der Waals surface area contributed by atoms with Gasteiger partial charge in [-0.05, 0) is 23.8 Å². The number of methoxy groups -OCH3 is 1. The highest BCUT2D eigenvalue weighted by atomic mass is 16.5. The Morgan fingerprint density at radius 1 is 1.33 bits per heavy atom. The van der Waals surface area contributed by atoms with Crippen LogP contribution in [0.25, 0.3) is 0 Å². The fraction of sp³-hybridized carbons (Fsp3) is 0.154. The minimum atomic E-state index is 0.192. The Labute approximate surface area is 105 Å². The molecule has 0 amide bonds. The summed E-state index contributed by atoms with van der Waals surface area (Å²) in [6, 6.07) is 11.2. The summed E-state index contributed by atoms with van der Waals surface area (Å²) >= 11 is 0. The predicted octanol–water partition coefficient (Wildman–Crippen LogP) is 1.94. The van der Waals surface area contributed by atoms with Gasteiger partial charge in [-0.15, -0.1) is 0 Å². The zero-order chi connectivity index (χ0) is 12.8. The summed E-state index contributed by atoms with van der Waals surface area (Å²) < 4.78 is 10.5. The summed E-state index contributed by atoms with van der Waals surface area (Å²) in [6.07, 6.45) is 1.49. The molecule has 0 saturated heterocycles. The normalized spacial score (nSPS) is 9.56. The molecule has 1 aromatic carbocycles. The molecular weight excluding hydrogens is 230 g/mol. The van der Waals surface area contributed by atoms with Crippen molar-refractivity contribution in [2.24, 2.45) is 0 Å². The smallest absolute Gasteiger partial charge is 0.317 e. The van der Waals surface area contributed by atoms with Gasteiger partial charge in [0.25, 0.3) is 0 Å². The molecule has 1 aromatic heterocycles. The van der Waals surface area contributed by atoms with E-state index in [2.05, 4.69) is 9.97 Å². The molecule has 0 radical (unpaired) electrons. The first-order chi connectivity index (χ1) is 8.81. The number of aromatic nitrogens is 2. The highest BCUT2D eigenvalue weighted by Gasteiger charge is 2.01. The maximum absolute atomic E-state index is 8.70. The van der Waals surface area contributed by atoms with Gasteiger partial charge in [0, 0.05) is 6.20 Å². The van der Waals surface area contributed by atoms with E-state index in [0.717, 1.165) is 11.3 Å². The van der Waals surface area contributed by atoms with E-state index in [1.54, 1.807) is 7.11 Å². The maximum atomic E-state index is 8.70. The minimum absolute atomic E-state index is 0.192. The van der Waals surface area contributed by atoms with Crippen LogP contribution in [0.3, 0.4) is 0 Å². The molecule has 0 N–H and O–H groups in total. The fourth-order valence-electron chi connectivity index (χ4n) is 1.38. The summed E-state index contributed by atoms with van der Waals surface area (Å²) in [4.78, 5) is 7.85. The first-order valence-corrected chi connectivity index (χ1v) is 5.30. The van der Waals surface area contributed by atoms with Crippen molar-refractivity contribution < 1.29 is 9.47 Å². The summed E-state index contributed by atoms with van der Waals surface area (Å²) in [6.45, 7) is 0.325. The Hall–Kier alpha value is -2.61. The van der Waals surface area contributed by atoms with E-state index in [0.29, 0.717) is 6.61 Å². The standard InChI is InChI=1S/C13H11N3O2/c1-17-12-4-2-3-10(7-12)9-18-13-15-6-5-11(8-14)16-13/h2-7H,9H2,1H3. The van der Waals surface area contributed by atoms with Gasteiger partial charge in [-0.2, -0.15) is 10.2 Å². The van der Waals surface area contributed by atoms with Crippen LogP contribution >= 0.6 is 0 Å². The summed E-state index contributed by atoms with van der Waals surface area (Å²) in [5.74, 6) is 0.766. The second-order valence-electron chi connectivity index (χ2n) is 3.48. The second-order valence-corrected chi connectivity index (χ2v) is 3.48. The average molecular weight is 241 g/mol. The highest BCUT2D eigenvalue weighted by molar-refractivity contribution is 5.28. The third kappa shape index (κ3) is 2.95. The van der Waals surface area contributed by atoms with Crippen LogP contribution in [0.1, 0.15) is 11.3 Å². The number of hydrogen-bond donors (Lipinski definition) is 0. The number of nitrogens with zero attached hydrogens (tertiary/aromatic N) is 3. The molecule has 2 aromatic rings. The van der Waals surface area contributed by atoms with Gasteiger partial charge in [-0.1, -0.05) is 12.1 Å². The van der Waals surface area contributed by atoms with E-state index in [9.17, 15) is 0 Å². The topological polar surface area (TPSA) is 68.0 Å². The van der Waals surface area contributed by atoms with Crippen LogP contribution in [0.2, 0.25) is 0 Å². The molecule has 5 nitrogen and oxygen atoms in total. The molecule has 0 aliphatic rings. The molecule has 0 spiro atoms. The van der Waals surface area contributed by atoms with Crippen molar-refractivity contribution in [3.63, 3.8) is 0 Å². The largest absolute Gasteiger partial charge is 0.497 e. The predicted molar refractivity (Wildman–Crippen MR) is 64.1 cm³/mol. The lowest BCUT2D eigenvalue weighted by molar-refractivity contribution is 0.279. The highest BCUT2D eigenvalue weighted by Crippen LogP contribution is 2.14. The van der Waals surface area contributed by atoms with E-state index in [1.807, 2.05) is 30.3 Å². The van der Waals surface area contributed by atoms with Crippen LogP contribution < -0.4 is 9.47 Å². The first kappa shape index (κ1) is 11.9. The molecule has 0 bridgehead atoms. The van der Waals surface area contributed by atoms with Crippen molar-refractivity contribution in [1.29, 1.82) is 5.26 Å². The molecule has 2 rings (SSSR count). The monoisotopic (exact) mass is 241 g/mol. The number of benzene rings is 1. The van der Waals surface area contributed by atoms with Crippen LogP contribution in [-0.2, 0) is 6.61 Å². The molecule has 0 saturated carbocycles. The lowest BCUT2D eigenvalue weighted by Gasteiger charge is -2.05. The van der Waals surface area contributed by atoms with Crippen molar-refractivity contribution in [1.82, 2.24) is 9.97 Å². The third-order valence-corrected chi connectivity index (χ3v) is 2.25. The van der Waals surface area contributed by atoms with E-state index < -0.39 is 0 Å². The van der Waals surface area contributed by atoms with Gasteiger partial charge in [0.2, 0.25) is 0 Å². The molecule has 5 heteroatoms. The molecule has 1 heterocycles. The van der Waals surface area contributed by atoms with Gasteiger partial charge in [-0.3, -0.25) is 0 Å². The van der Waals surface area contributed by atoms with Crippen LogP contribution in [0.5, 0.6) is 11.8 Å². The van der Waals surface area contributed by atoms with Crippen LogP contribution in [0.15, 0.2) is 36.5 Å². The van der Waals surface area contributed by atoms with Crippen molar-refractivity contribution in [2.75, 3.05) is 7.11 Å². The van der Waals surface area contributed by atoms with Gasteiger partial charge in [0.1, 0.15) is 24.1 Å². The Morgan fingerprint density at radius 2 is 2.22 bits per heavy atom. The molecule has 0 unspecified atom stereocenters. The van der Waals surface area contributed by atoms with Crippen molar-refractivity contribution in [3.8, 4) is 17.8 Å². The van der Waals surface area contributed by atoms with E-state index >= 15 is 0 Å². The Morgan fingerprint density at radius 3 is 3.00 bits per heavy atom. The molecule has 0 atom stereocenters. The second kappa shape index (κ2) is 5.64. The Balaban J connectivity index is 2.04. The quantitative estimate of drug-likeness (QED) is 0.818. The number of ether oxygens (including phenoxy) is 2. The number of rotatable bonds is 4. The molecule has 90 valence electrons. The van der Waals surface area contributed by atoms with Crippen LogP contribution in [-0.4, -0.2) is 17.1 Å². The zero-order valence-electron chi connectivity index (χ0n) is 9.83. The Kier molecular flexibility index (Phi) is 3.72. The first-order valence-electron chi connectivity index (χ1n) is 5.30. The van der Waals surface area contributed by atoms with Crippen molar-refractivity contribution >= 4 is 0 Å². The van der Waals surface area contributed by atoms with Crippen LogP contribution in [0.4, 0.5) is 0 Å². The minimum Gasteiger partial charge on any atom is -0.497 e. The summed E-state index contributed by atoms with van der Waals surface area (Å²) in [5.41, 5.74) is 1.23. The Bertz CT molecular complexity index is 578. The SMILES string of the molecule is COc1cccc(COc2nccc(C#N)n2)c1. The van der Waals surface area contributed by atoms with Crippen molar-refractivity contribution in [3.05, 3.63) is 47.8 Å². The van der Waals surface area contributed by atoms with Crippen molar-refractivity contribution in [2.45, 2.75) is 6.61 Å². The molecular formula is C13H11N3O2. The van der Waals surface area contributed by atoms with E-state index in [-0.39, 0.29) is 11.7 Å². The van der Waals surface area contributed by atoms with E-state index in [1.165, 1.54) is 12.3 Å². The molecule has 0 fully saturated rings. The lowest BCUT2D eigenvalue weighted by atomic mass is 10.2. The van der Waals surface area contributed by atoms with Gasteiger partial charge in [0.05, 0.1) is 7.11 Å². The molecule has 0 aliphatic heterocycles. The fourth-order valence-corrected chi connectivity index (χ4v) is 1.38. The summed E-state index contributed by atoms with van der Waals surface area (Å²) in [5, 5.41) is 8.70. The van der Waals surface area contributed by atoms with Gasteiger partial charge < -0.3 is 9.47 Å². The number of hydrogen-bond acceptors (Lipinski definition) is 5. The maximum Gasteiger partial charge on any atom is 0.317 e. The number of nitriles is 1. The molecule has 18 heavy (non-hydrogen) atoms. The zero-order valence-corrected chi connectivity index (χ0v) is 9.83. The lowest BCUT2D eigenvalue weighted by Crippen LogP contribution is -2.00. The average Bonchev–Trinajstić information content (AvgIpc) is 2.45. The van der Waals surface area contributed by atoms with Gasteiger partial charge in [-0.25, -0.2) is 4.98 Å².